The zero-order chi connectivity index (χ0) is 27.7. The van der Waals surface area contributed by atoms with Crippen LogP contribution in [0.4, 0.5) is 4.39 Å². The molecular formula is C26H24BrFN4O5S2. The summed E-state index contributed by atoms with van der Waals surface area (Å²) in [4.78, 5) is 24.2. The van der Waals surface area contributed by atoms with Crippen LogP contribution in [-0.2, 0) is 26.1 Å². The van der Waals surface area contributed by atoms with E-state index in [-0.39, 0.29) is 25.3 Å². The third-order valence-electron chi connectivity index (χ3n) is 6.32. The summed E-state index contributed by atoms with van der Waals surface area (Å²) >= 11 is 4.72. The summed E-state index contributed by atoms with van der Waals surface area (Å²) in [5.74, 6) is -0.529. The van der Waals surface area contributed by atoms with Gasteiger partial charge >= 0.3 is 5.97 Å². The van der Waals surface area contributed by atoms with Gasteiger partial charge < -0.3 is 14.4 Å². The van der Waals surface area contributed by atoms with Crippen LogP contribution in [0.1, 0.15) is 29.1 Å². The predicted molar refractivity (Wildman–Crippen MR) is 148 cm³/mol. The molecule has 2 aliphatic rings. The third kappa shape index (κ3) is 5.49. The van der Waals surface area contributed by atoms with Crippen LogP contribution >= 0.6 is 27.3 Å². The molecule has 0 saturated carbocycles. The Bertz CT molecular complexity index is 1560. The van der Waals surface area contributed by atoms with E-state index in [1.54, 1.807) is 55.9 Å². The van der Waals surface area contributed by atoms with Crippen molar-refractivity contribution in [3.63, 3.8) is 0 Å². The number of hydrogen-bond acceptors (Lipinski definition) is 9. The molecule has 0 amide bonds. The molecule has 9 nitrogen and oxygen atoms in total. The second-order valence-electron chi connectivity index (χ2n) is 8.72. The number of aromatic nitrogens is 1. The molecule has 0 aliphatic carbocycles. The van der Waals surface area contributed by atoms with Crippen molar-refractivity contribution in [3.05, 3.63) is 91.7 Å². The molecule has 0 unspecified atom stereocenters. The molecule has 2 aliphatic heterocycles. The van der Waals surface area contributed by atoms with E-state index in [2.05, 4.69) is 20.9 Å². The smallest absolute Gasteiger partial charge is 0.338 e. The average molecular weight is 636 g/mol. The topological polar surface area (TPSA) is 101 Å². The molecule has 0 radical (unpaired) electrons. The van der Waals surface area contributed by atoms with Gasteiger partial charge in [-0.15, -0.1) is 11.3 Å². The molecule has 39 heavy (non-hydrogen) atoms. The Kier molecular flexibility index (Phi) is 7.85. The van der Waals surface area contributed by atoms with Gasteiger partial charge in [-0.1, -0.05) is 34.1 Å². The molecule has 0 bridgehead atoms. The van der Waals surface area contributed by atoms with E-state index >= 15 is 0 Å². The van der Waals surface area contributed by atoms with Gasteiger partial charge in [-0.25, -0.2) is 22.6 Å². The normalized spacial score (nSPS) is 18.9. The zero-order valence-electron chi connectivity index (χ0n) is 21.0. The molecule has 5 rings (SSSR count). The van der Waals surface area contributed by atoms with Crippen molar-refractivity contribution in [2.24, 2.45) is 4.99 Å². The Morgan fingerprint density at radius 1 is 1.23 bits per heavy atom. The van der Waals surface area contributed by atoms with Gasteiger partial charge in [-0.05, 0) is 42.3 Å². The van der Waals surface area contributed by atoms with Gasteiger partial charge in [-0.2, -0.15) is 4.31 Å². The summed E-state index contributed by atoms with van der Waals surface area (Å²) in [6.07, 6.45) is 1.60. The minimum Gasteiger partial charge on any atom is -0.497 e. The molecule has 0 spiro atoms. The number of carbonyl (C=O) groups excluding carboxylic acids is 1. The van der Waals surface area contributed by atoms with Crippen molar-refractivity contribution >= 4 is 49.1 Å². The Balaban J connectivity index is 1.65. The van der Waals surface area contributed by atoms with Crippen LogP contribution < -0.4 is 4.74 Å². The predicted octanol–water partition coefficient (Wildman–Crippen LogP) is 4.48. The van der Waals surface area contributed by atoms with E-state index in [0.717, 1.165) is 5.56 Å². The van der Waals surface area contributed by atoms with E-state index in [1.165, 1.54) is 32.7 Å². The molecule has 1 saturated heterocycles. The molecule has 2 aromatic carbocycles. The van der Waals surface area contributed by atoms with Crippen LogP contribution in [0.2, 0.25) is 0 Å². The van der Waals surface area contributed by atoms with E-state index in [0.29, 0.717) is 32.3 Å². The second-order valence-corrected chi connectivity index (χ2v) is 12.4. The van der Waals surface area contributed by atoms with Gasteiger partial charge in [0.05, 0.1) is 25.8 Å². The first-order chi connectivity index (χ1) is 18.7. The quantitative estimate of drug-likeness (QED) is 0.353. The number of nitrogens with zero attached hydrogens (tertiary/aromatic N) is 4. The number of halogens is 2. The van der Waals surface area contributed by atoms with Crippen molar-refractivity contribution in [3.8, 4) is 5.75 Å². The molecule has 1 aromatic heterocycles. The second kappa shape index (κ2) is 11.2. The lowest BCUT2D eigenvalue weighted by atomic mass is 9.94. The van der Waals surface area contributed by atoms with Gasteiger partial charge in [0.15, 0.2) is 10.8 Å². The van der Waals surface area contributed by atoms with Crippen molar-refractivity contribution in [1.82, 2.24) is 14.2 Å². The molecule has 13 heteroatoms. The number of amidine groups is 1. The number of methoxy groups -OCH3 is 1. The summed E-state index contributed by atoms with van der Waals surface area (Å²) in [5.41, 5.74) is 1.93. The fourth-order valence-electron chi connectivity index (χ4n) is 4.49. The third-order valence-corrected chi connectivity index (χ3v) is 9.41. The molecular weight excluding hydrogens is 611 g/mol. The van der Waals surface area contributed by atoms with Crippen molar-refractivity contribution in [2.75, 3.05) is 26.1 Å². The zero-order valence-corrected chi connectivity index (χ0v) is 24.2. The highest BCUT2D eigenvalue weighted by molar-refractivity contribution is 9.10. The Hall–Kier alpha value is -3.13. The SMILES string of the molecule is CCOC(=O)C1=C2CN(Cc3ccc(OC)cc3)S(=O)(=O)CN2C(c2nccs2)=N[C@H]1c1ccc(F)cc1Br. The Morgan fingerprint density at radius 2 is 2.00 bits per heavy atom. The molecule has 3 aromatic rings. The molecule has 3 heterocycles. The van der Waals surface area contributed by atoms with Crippen molar-refractivity contribution in [2.45, 2.75) is 19.5 Å². The summed E-state index contributed by atoms with van der Waals surface area (Å²) in [6, 6.07) is 10.4. The molecule has 1 fully saturated rings. The standard InChI is InChI=1S/C26H24BrFN4O5S2/c1-3-37-26(33)22-21-14-31(13-16-4-7-18(36-2)8-5-16)39(34,35)15-32(21)24(25-29-10-11-38-25)30-23(22)19-9-6-17(28)12-20(19)27/h4-12,23H,3,13-15H2,1-2H3/t23-/m0/s1. The largest absolute Gasteiger partial charge is 0.497 e. The summed E-state index contributed by atoms with van der Waals surface area (Å²) in [5, 5.41) is 2.26. The van der Waals surface area contributed by atoms with E-state index < -0.39 is 33.7 Å². The fourth-order valence-corrected chi connectivity index (χ4v) is 7.13. The first-order valence-corrected chi connectivity index (χ1v) is 15.2. The minimum atomic E-state index is -3.81. The van der Waals surface area contributed by atoms with Gasteiger partial charge in [0.25, 0.3) is 0 Å². The lowest BCUT2D eigenvalue weighted by Crippen LogP contribution is -2.52. The minimum absolute atomic E-state index is 0.0917. The van der Waals surface area contributed by atoms with Gasteiger partial charge in [0, 0.05) is 28.3 Å². The number of aliphatic imine (C=N–C) groups is 1. The number of benzene rings is 2. The fraction of sp³-hybridized carbons (Fsp3) is 0.269. The lowest BCUT2D eigenvalue weighted by Gasteiger charge is -2.42. The highest BCUT2D eigenvalue weighted by Gasteiger charge is 2.44. The molecule has 0 N–H and O–H groups in total. The number of hydrogen-bond donors (Lipinski definition) is 0. The number of ether oxygens (including phenoxy) is 2. The van der Waals surface area contributed by atoms with Crippen LogP contribution in [0.25, 0.3) is 0 Å². The Morgan fingerprint density at radius 3 is 2.64 bits per heavy atom. The van der Waals surface area contributed by atoms with E-state index in [4.69, 9.17) is 14.5 Å². The lowest BCUT2D eigenvalue weighted by molar-refractivity contribution is -0.139. The van der Waals surface area contributed by atoms with Crippen LogP contribution in [0.15, 0.2) is 74.8 Å². The van der Waals surface area contributed by atoms with Gasteiger partial charge in [0.2, 0.25) is 10.0 Å². The van der Waals surface area contributed by atoms with E-state index in [9.17, 15) is 17.6 Å². The number of rotatable bonds is 7. The average Bonchev–Trinajstić information content (AvgIpc) is 3.44. The highest BCUT2D eigenvalue weighted by atomic mass is 79.9. The van der Waals surface area contributed by atoms with Crippen LogP contribution in [-0.4, -0.2) is 60.6 Å². The Labute approximate surface area is 237 Å². The first kappa shape index (κ1) is 27.4. The van der Waals surface area contributed by atoms with Gasteiger partial charge in [-0.3, -0.25) is 4.99 Å². The number of thiazole rings is 1. The highest BCUT2D eigenvalue weighted by Crippen LogP contribution is 2.41. The number of esters is 1. The number of carbonyl (C=O) groups is 1. The van der Waals surface area contributed by atoms with E-state index in [1.807, 2.05) is 0 Å². The van der Waals surface area contributed by atoms with Crippen molar-refractivity contribution < 1.29 is 27.1 Å². The summed E-state index contributed by atoms with van der Waals surface area (Å²) in [6.45, 7) is 1.80. The van der Waals surface area contributed by atoms with Gasteiger partial charge in [0.1, 0.15) is 23.5 Å². The maximum atomic E-state index is 14.0. The van der Waals surface area contributed by atoms with Crippen LogP contribution in [0.5, 0.6) is 5.75 Å². The molecule has 204 valence electrons. The summed E-state index contributed by atoms with van der Waals surface area (Å²) < 4.78 is 53.4. The number of fused-ring (bicyclic) bond motifs is 1. The molecule has 1 atom stereocenters. The van der Waals surface area contributed by atoms with Crippen LogP contribution in [0.3, 0.4) is 0 Å². The van der Waals surface area contributed by atoms with Crippen molar-refractivity contribution in [1.29, 1.82) is 0 Å². The van der Waals surface area contributed by atoms with Crippen LogP contribution in [0, 0.1) is 5.82 Å². The summed E-state index contributed by atoms with van der Waals surface area (Å²) in [7, 11) is -2.25. The monoisotopic (exact) mass is 634 g/mol. The maximum absolute atomic E-state index is 14.0. The number of sulfonamides is 1. The maximum Gasteiger partial charge on any atom is 0.338 e. The first-order valence-electron chi connectivity index (χ1n) is 11.9.